The van der Waals surface area contributed by atoms with Crippen molar-refractivity contribution >= 4 is 53.1 Å². The highest BCUT2D eigenvalue weighted by atomic mass is 19.1. The number of pyridine rings is 6. The van der Waals surface area contributed by atoms with Crippen molar-refractivity contribution in [3.8, 4) is 72.4 Å². The molecule has 14 aromatic rings. The van der Waals surface area contributed by atoms with Crippen molar-refractivity contribution in [1.29, 1.82) is 0 Å². The van der Waals surface area contributed by atoms with E-state index in [1.807, 2.05) is 59.7 Å². The molecule has 15 rings (SSSR count). The predicted octanol–water partition coefficient (Wildman–Crippen LogP) is 18.3. The molecule has 7 aromatic heterocycles. The van der Waals surface area contributed by atoms with Gasteiger partial charge in [-0.2, -0.15) is 5.10 Å². The molecule has 0 saturated heterocycles. The fourth-order valence-corrected chi connectivity index (χ4v) is 15.3. The molecule has 35 heteroatoms. The maximum Gasteiger partial charge on any atom is 0.341 e. The van der Waals surface area contributed by atoms with Crippen LogP contribution in [-0.4, -0.2) is 120 Å². The third-order valence-corrected chi connectivity index (χ3v) is 22.4. The predicted molar refractivity (Wildman–Crippen MR) is 518 cm³/mol. The van der Waals surface area contributed by atoms with Gasteiger partial charge in [0.2, 0.25) is 38.4 Å². The zero-order valence-corrected chi connectivity index (χ0v) is 78.7. The highest BCUT2D eigenvalue weighted by Crippen LogP contribution is 2.33. The molecule has 7 heterocycles. The largest absolute Gasteiger partial charge is 0.478 e. The molecule has 0 spiro atoms. The summed E-state index contributed by atoms with van der Waals surface area (Å²) in [7, 11) is 5.09. The van der Waals surface area contributed by atoms with Crippen molar-refractivity contribution in [3.63, 3.8) is 0 Å². The molecule has 0 unspecified atom stereocenters. The number of halogens is 6. The van der Waals surface area contributed by atoms with E-state index in [4.69, 9.17) is 20.4 Å². The lowest BCUT2D eigenvalue weighted by molar-refractivity contribution is -0.134. The van der Waals surface area contributed by atoms with E-state index in [2.05, 4.69) is 5.10 Å². The van der Waals surface area contributed by atoms with Gasteiger partial charge in [-0.25, -0.2) is 59.9 Å². The number of aliphatic carboxylic acids is 1. The normalized spacial score (nSPS) is 11.4. The second-order valence-corrected chi connectivity index (χ2v) is 33.3. The van der Waals surface area contributed by atoms with Gasteiger partial charge in [-0.15, -0.1) is 0 Å². The number of hydrogen-bond donors (Lipinski definition) is 7. The highest BCUT2D eigenvalue weighted by Gasteiger charge is 2.30. The topological polar surface area (TPSA) is 428 Å². The molecule has 29 nitrogen and oxygen atoms in total. The summed E-state index contributed by atoms with van der Waals surface area (Å²) in [5, 5.41) is 67.9. The summed E-state index contributed by atoms with van der Waals surface area (Å²) in [6.45, 7) is 22.4. The van der Waals surface area contributed by atoms with E-state index in [9.17, 15) is 109 Å². The molecule has 0 aliphatic heterocycles. The number of aromatic carboxylic acids is 6. The van der Waals surface area contributed by atoms with Gasteiger partial charge in [-0.05, 0) is 201 Å². The molecule has 141 heavy (non-hydrogen) atoms. The van der Waals surface area contributed by atoms with Gasteiger partial charge >= 0.3 is 41.8 Å². The van der Waals surface area contributed by atoms with Crippen molar-refractivity contribution in [1.82, 2.24) is 37.2 Å². The number of benzene rings is 7. The van der Waals surface area contributed by atoms with Crippen LogP contribution in [0.15, 0.2) is 278 Å². The Labute approximate surface area is 800 Å². The van der Waals surface area contributed by atoms with E-state index in [0.29, 0.717) is 103 Å². The number of carbonyl (C=O) groups excluding carboxylic acids is 1. The Morgan fingerprint density at radius 3 is 1.07 bits per heavy atom. The van der Waals surface area contributed by atoms with Crippen molar-refractivity contribution in [2.24, 2.45) is 21.1 Å². The number of Topliss-reactive ketones (excluding diaryl/α,β-unsaturated/α-hetero) is 1. The van der Waals surface area contributed by atoms with Gasteiger partial charge in [0.1, 0.15) is 73.9 Å². The van der Waals surface area contributed by atoms with Gasteiger partial charge in [0.25, 0.3) is 0 Å². The van der Waals surface area contributed by atoms with Crippen molar-refractivity contribution in [2.45, 2.75) is 108 Å². The Morgan fingerprint density at radius 1 is 0.369 bits per heavy atom. The van der Waals surface area contributed by atoms with E-state index in [0.717, 1.165) is 11.1 Å². The van der Waals surface area contributed by atoms with E-state index < -0.39 is 121 Å². The summed E-state index contributed by atoms with van der Waals surface area (Å²) in [5.41, 5.74) is 4.82. The smallest absolute Gasteiger partial charge is 0.341 e. The number of hydrogen-bond acceptors (Lipinski definition) is 15. The second kappa shape index (κ2) is 45.9. The first kappa shape index (κ1) is 107. The minimum atomic E-state index is -1.32. The monoisotopic (exact) mass is 1930 g/mol. The van der Waals surface area contributed by atoms with Crippen molar-refractivity contribution in [2.75, 3.05) is 0 Å². The number of ketones is 1. The van der Waals surface area contributed by atoms with Crippen LogP contribution in [-0.2, 0) is 42.8 Å². The molecule has 1 aliphatic rings. The molecule has 0 fully saturated rings. The van der Waals surface area contributed by atoms with Crippen LogP contribution in [0.25, 0.3) is 78.0 Å². The molecule has 0 atom stereocenters. The van der Waals surface area contributed by atoms with Crippen LogP contribution < -0.4 is 32.6 Å². The van der Waals surface area contributed by atoms with E-state index >= 15 is 0 Å². The van der Waals surface area contributed by atoms with Gasteiger partial charge in [-0.3, -0.25) is 38.2 Å². The number of carboxylic acids is 7. The van der Waals surface area contributed by atoms with Crippen molar-refractivity contribution < 1.29 is 100 Å². The minimum Gasteiger partial charge on any atom is -0.478 e. The summed E-state index contributed by atoms with van der Waals surface area (Å²) in [4.78, 5) is 164. The Hall–Kier alpha value is -17.5. The van der Waals surface area contributed by atoms with Gasteiger partial charge in [-0.1, -0.05) is 115 Å². The Morgan fingerprint density at radius 2 is 0.709 bits per heavy atom. The van der Waals surface area contributed by atoms with E-state index in [1.165, 1.54) is 189 Å². The molecular weight excluding hydrogens is 1840 g/mol. The van der Waals surface area contributed by atoms with Crippen LogP contribution in [0.2, 0.25) is 0 Å². The molecule has 7 aromatic carbocycles. The molecular formula is C106H96F6N8O21. The van der Waals surface area contributed by atoms with E-state index in [1.54, 1.807) is 125 Å². The SMILES string of the molecule is CC1=C(c2ccc(F)cc2)C(=O)C(C(=O)O)=CC1.CCn1cc(C(=O)O)c(=O)c(-c2ccc(F)cc2)c1C.Cc1c(-c2ccc(F)cc2)c(=O)c(C(=O)O)cn1-c1cnn(C)c1.Cc1c(-c2ccc(F)cc2)c(=O)c(C(=O)O)cn1C.Cc1c(-c2ccc(F)cc2)c(=O)c(C(=O)O)cn1C(C)(C)C.Cc1c(-c2ccc(F)cc2)c(=O)c(C(=O)O)cn1C(C)C.Cn1cc(C(=O)O)c(=O)c(-c2ccccc2)c1. The average Bonchev–Trinajstić information content (AvgIpc) is 1.65. The summed E-state index contributed by atoms with van der Waals surface area (Å²) >= 11 is 0. The number of aryl methyl sites for hydroxylation is 4. The first-order valence-corrected chi connectivity index (χ1v) is 42.9. The first-order chi connectivity index (χ1) is 66.3. The Kier molecular flexibility index (Phi) is 34.9. The number of carboxylic acid groups (broad SMARTS) is 7. The summed E-state index contributed by atoms with van der Waals surface area (Å²) in [6.07, 6.45) is 14.7. The van der Waals surface area contributed by atoms with Gasteiger partial charge in [0, 0.05) is 156 Å². The minimum absolute atomic E-state index is 0.00268. The molecule has 0 radical (unpaired) electrons. The molecule has 0 bridgehead atoms. The highest BCUT2D eigenvalue weighted by molar-refractivity contribution is 6.38. The lowest BCUT2D eigenvalue weighted by atomic mass is 9.87. The second-order valence-electron chi connectivity index (χ2n) is 33.3. The number of allylic oxidation sites excluding steroid dienone is 3. The van der Waals surface area contributed by atoms with Crippen LogP contribution in [0.1, 0.15) is 157 Å². The van der Waals surface area contributed by atoms with Gasteiger partial charge in [0.05, 0.1) is 11.9 Å². The molecule has 1 aliphatic carbocycles. The van der Waals surface area contributed by atoms with Gasteiger partial charge in [0.15, 0.2) is 0 Å². The molecule has 7 N–H and O–H groups in total. The Bertz CT molecular complexity index is 7660. The average molecular weight is 1930 g/mol. The van der Waals surface area contributed by atoms with Crippen LogP contribution in [0.5, 0.6) is 0 Å². The first-order valence-electron chi connectivity index (χ1n) is 42.9. The summed E-state index contributed by atoms with van der Waals surface area (Å²) < 4.78 is 89.6. The fraction of sp³-hybridized carbons (Fsp3) is 0.179. The van der Waals surface area contributed by atoms with Crippen LogP contribution in [0.4, 0.5) is 26.3 Å². The lowest BCUT2D eigenvalue weighted by Gasteiger charge is -2.28. The lowest BCUT2D eigenvalue weighted by Crippen LogP contribution is -2.30. The zero-order chi connectivity index (χ0) is 105. The standard InChI is InChI=1S/C17H14FN3O3.C17H18FNO3.C16H16FNO3.C15H14FNO3.C14H12FNO3.C14H11FO3.C13H11NO3/c1-10-15(11-3-5-12(18)6-4-11)16(22)14(17(23)24)9-21(10)13-7-19-20(2)8-13;1-10-14(11-5-7-12(18)8-6-11)15(20)13(16(21)22)9-19(10)17(2,3)4;1-9(2)18-8-13(16(20)21)15(19)14(10(18)3)11-4-6-12(17)7-5-11;1-3-17-8-12(15(19)20)14(18)13(9(17)2)10-4-6-11(16)7-5-10;1-8-12(9-3-5-10(15)6-4-9)13(17)11(14(18)19)7-16(8)2;1-8-2-7-11(14(17)18)13(16)12(8)9-3-5-10(15)6-4-9;1-14-7-10(9-5-3-2-4-6-9)12(15)11(8-14)13(16)17/h3-9H,1-2H3,(H,23,24);5-9H,1-4H3,(H,21,22);4-9H,1-3H3,(H,20,21);4-8H,3H2,1-2H3,(H,19,20);3-7H,1-2H3,(H,18,19);3-7H,2H2,1H3,(H,17,18);2-8H,1H3,(H,16,17). The quantitative estimate of drug-likeness (QED) is 0.0329. The Balaban J connectivity index is 0.000000184. The van der Waals surface area contributed by atoms with E-state index in [-0.39, 0.29) is 61.7 Å². The zero-order valence-electron chi connectivity index (χ0n) is 78.7. The maximum atomic E-state index is 13.2. The summed E-state index contributed by atoms with van der Waals surface area (Å²) in [6, 6.07) is 41.7. The van der Waals surface area contributed by atoms with Crippen LogP contribution in [0.3, 0.4) is 0 Å². The summed E-state index contributed by atoms with van der Waals surface area (Å²) in [5.74, 6) is -11.8. The van der Waals surface area contributed by atoms with Crippen LogP contribution >= 0.6 is 0 Å². The maximum absolute atomic E-state index is 13.2. The third-order valence-electron chi connectivity index (χ3n) is 22.4. The van der Waals surface area contributed by atoms with Gasteiger partial charge < -0.3 is 63.1 Å². The number of aromatic nitrogens is 8. The fourth-order valence-electron chi connectivity index (χ4n) is 15.3. The molecule has 0 amide bonds. The number of rotatable bonds is 17. The van der Waals surface area contributed by atoms with Crippen LogP contribution in [0, 0.1) is 69.5 Å². The molecule has 728 valence electrons. The molecule has 0 saturated carbocycles. The third kappa shape index (κ3) is 25.4. The number of carbonyl (C=O) groups is 8. The number of nitrogens with zero attached hydrogens (tertiary/aromatic N) is 8. The van der Waals surface area contributed by atoms with Crippen molar-refractivity contribution in [3.05, 3.63) is 413 Å².